The van der Waals surface area contributed by atoms with Crippen LogP contribution in [0.25, 0.3) is 0 Å². The van der Waals surface area contributed by atoms with Crippen molar-refractivity contribution in [1.82, 2.24) is 4.31 Å². The van der Waals surface area contributed by atoms with E-state index in [0.29, 0.717) is 13.1 Å². The van der Waals surface area contributed by atoms with E-state index in [1.54, 1.807) is 13.0 Å². The number of sulfonamides is 1. The Hall–Kier alpha value is -1.27. The molecule has 21 heavy (non-hydrogen) atoms. The Morgan fingerprint density at radius 1 is 1.43 bits per heavy atom. The Morgan fingerprint density at radius 3 is 2.76 bits per heavy atom. The summed E-state index contributed by atoms with van der Waals surface area (Å²) in [6.45, 7) is 2.61. The van der Waals surface area contributed by atoms with Crippen LogP contribution in [0.2, 0.25) is 0 Å². The average molecular weight is 313 g/mol. The zero-order valence-electron chi connectivity index (χ0n) is 12.3. The molecular weight excluding hydrogens is 293 g/mol. The number of carbonyl (C=O) groups excluding carboxylic acids is 1. The summed E-state index contributed by atoms with van der Waals surface area (Å²) in [4.78, 5) is 12.2. The van der Waals surface area contributed by atoms with E-state index < -0.39 is 15.8 Å². The molecule has 0 aromatic heterocycles. The smallest absolute Gasteiger partial charge is 0.211 e. The van der Waals surface area contributed by atoms with E-state index in [4.69, 9.17) is 0 Å². The maximum atomic E-state index is 13.8. The van der Waals surface area contributed by atoms with Gasteiger partial charge in [0.25, 0.3) is 0 Å². The van der Waals surface area contributed by atoms with Crippen LogP contribution in [0.15, 0.2) is 18.2 Å². The molecule has 1 aliphatic rings. The Bertz CT molecular complexity index is 642. The van der Waals surface area contributed by atoms with Crippen molar-refractivity contribution >= 4 is 15.8 Å². The van der Waals surface area contributed by atoms with Crippen LogP contribution >= 0.6 is 0 Å². The molecule has 0 spiro atoms. The average Bonchev–Trinajstić information content (AvgIpc) is 2.37. The number of halogens is 1. The first-order valence-electron chi connectivity index (χ1n) is 7.02. The van der Waals surface area contributed by atoms with Gasteiger partial charge in [0, 0.05) is 19.5 Å². The van der Waals surface area contributed by atoms with Gasteiger partial charge in [-0.3, -0.25) is 4.79 Å². The molecule has 4 nitrogen and oxygen atoms in total. The highest BCUT2D eigenvalue weighted by Crippen LogP contribution is 2.24. The fraction of sp³-hybridized carbons (Fsp3) is 0.533. The predicted molar refractivity (Wildman–Crippen MR) is 79.2 cm³/mol. The Balaban J connectivity index is 2.05. The van der Waals surface area contributed by atoms with E-state index in [-0.39, 0.29) is 23.7 Å². The Kier molecular flexibility index (Phi) is 4.78. The number of hydrogen-bond donors (Lipinski definition) is 0. The first kappa shape index (κ1) is 16.1. The van der Waals surface area contributed by atoms with E-state index in [1.165, 1.54) is 22.7 Å². The maximum absolute atomic E-state index is 13.8. The summed E-state index contributed by atoms with van der Waals surface area (Å²) < 4.78 is 38.3. The van der Waals surface area contributed by atoms with Gasteiger partial charge in [0.1, 0.15) is 5.82 Å². The molecule has 0 saturated carbocycles. The Labute approximate surface area is 125 Å². The van der Waals surface area contributed by atoms with Crippen LogP contribution < -0.4 is 0 Å². The number of aryl methyl sites for hydroxylation is 1. The van der Waals surface area contributed by atoms with Crippen molar-refractivity contribution in [2.45, 2.75) is 26.2 Å². The van der Waals surface area contributed by atoms with Crippen molar-refractivity contribution in [3.8, 4) is 0 Å². The van der Waals surface area contributed by atoms with Gasteiger partial charge in [-0.25, -0.2) is 17.1 Å². The van der Waals surface area contributed by atoms with Crippen LogP contribution in [0.3, 0.4) is 0 Å². The molecule has 0 radical (unpaired) electrons. The van der Waals surface area contributed by atoms with Gasteiger partial charge in [0.05, 0.1) is 11.8 Å². The normalized spacial score (nSPS) is 20.4. The van der Waals surface area contributed by atoms with Crippen molar-refractivity contribution in [2.75, 3.05) is 19.3 Å². The molecule has 0 amide bonds. The van der Waals surface area contributed by atoms with Crippen molar-refractivity contribution < 1.29 is 17.6 Å². The summed E-state index contributed by atoms with van der Waals surface area (Å²) in [5.41, 5.74) is 0.863. The molecule has 1 aromatic rings. The SMILES string of the molecule is Cc1ccc(C(=O)CC2CCCN(S(C)(=O)=O)C2)c(F)c1. The summed E-state index contributed by atoms with van der Waals surface area (Å²) in [7, 11) is -3.23. The Morgan fingerprint density at radius 2 is 2.14 bits per heavy atom. The number of piperidine rings is 1. The second kappa shape index (κ2) is 6.23. The molecule has 1 heterocycles. The lowest BCUT2D eigenvalue weighted by molar-refractivity contribution is 0.0938. The summed E-state index contributed by atoms with van der Waals surface area (Å²) in [5.74, 6) is -0.801. The summed E-state index contributed by atoms with van der Waals surface area (Å²) >= 11 is 0. The predicted octanol–water partition coefficient (Wildman–Crippen LogP) is 2.38. The lowest BCUT2D eigenvalue weighted by atomic mass is 9.91. The molecule has 1 aliphatic heterocycles. The van der Waals surface area contributed by atoms with E-state index >= 15 is 0 Å². The molecule has 1 atom stereocenters. The monoisotopic (exact) mass is 313 g/mol. The van der Waals surface area contributed by atoms with Crippen molar-refractivity contribution in [1.29, 1.82) is 0 Å². The van der Waals surface area contributed by atoms with E-state index in [0.717, 1.165) is 18.4 Å². The van der Waals surface area contributed by atoms with Gasteiger partial charge >= 0.3 is 0 Å². The number of rotatable bonds is 4. The molecule has 1 unspecified atom stereocenters. The lowest BCUT2D eigenvalue weighted by Gasteiger charge is -2.30. The molecule has 0 aliphatic carbocycles. The third-order valence-corrected chi connectivity index (χ3v) is 5.12. The number of ketones is 1. The first-order chi connectivity index (χ1) is 9.77. The molecule has 0 N–H and O–H groups in total. The van der Waals surface area contributed by atoms with E-state index in [9.17, 15) is 17.6 Å². The van der Waals surface area contributed by atoms with Crippen LogP contribution in [0.5, 0.6) is 0 Å². The van der Waals surface area contributed by atoms with Crippen LogP contribution in [0.4, 0.5) is 4.39 Å². The standard InChI is InChI=1S/C15H20FNO3S/c1-11-5-6-13(14(16)8-11)15(18)9-12-4-3-7-17(10-12)21(2,19)20/h5-6,8,12H,3-4,7,9-10H2,1-2H3. The number of carbonyl (C=O) groups is 1. The number of Topliss-reactive ketones (excluding diaryl/α,β-unsaturated/α-hetero) is 1. The zero-order valence-corrected chi connectivity index (χ0v) is 13.1. The van der Waals surface area contributed by atoms with Gasteiger partial charge in [0.15, 0.2) is 5.78 Å². The highest BCUT2D eigenvalue weighted by Gasteiger charge is 2.28. The molecule has 1 aromatic carbocycles. The fourth-order valence-electron chi connectivity index (χ4n) is 2.71. The van der Waals surface area contributed by atoms with Gasteiger partial charge < -0.3 is 0 Å². The topological polar surface area (TPSA) is 54.5 Å². The minimum absolute atomic E-state index is 0.0401. The third-order valence-electron chi connectivity index (χ3n) is 3.85. The van der Waals surface area contributed by atoms with Gasteiger partial charge in [-0.1, -0.05) is 6.07 Å². The molecule has 1 fully saturated rings. The molecule has 2 rings (SSSR count). The van der Waals surface area contributed by atoms with Crippen molar-refractivity contribution in [3.63, 3.8) is 0 Å². The van der Waals surface area contributed by atoms with Crippen molar-refractivity contribution in [2.24, 2.45) is 5.92 Å². The number of benzene rings is 1. The second-order valence-corrected chi connectivity index (χ2v) is 7.72. The third kappa shape index (κ3) is 4.11. The zero-order chi connectivity index (χ0) is 15.6. The molecular formula is C15H20FNO3S. The maximum Gasteiger partial charge on any atom is 0.211 e. The van der Waals surface area contributed by atoms with Gasteiger partial charge in [-0.2, -0.15) is 0 Å². The molecule has 1 saturated heterocycles. The summed E-state index contributed by atoms with van der Waals surface area (Å²) in [6.07, 6.45) is 2.90. The van der Waals surface area contributed by atoms with Crippen LogP contribution in [-0.4, -0.2) is 37.9 Å². The second-order valence-electron chi connectivity index (χ2n) is 5.74. The van der Waals surface area contributed by atoms with E-state index in [2.05, 4.69) is 0 Å². The van der Waals surface area contributed by atoms with Crippen molar-refractivity contribution in [3.05, 3.63) is 35.1 Å². The van der Waals surface area contributed by atoms with Crippen LogP contribution in [-0.2, 0) is 10.0 Å². The van der Waals surface area contributed by atoms with Gasteiger partial charge in [-0.05, 0) is 43.4 Å². The van der Waals surface area contributed by atoms with Crippen LogP contribution in [0, 0.1) is 18.7 Å². The van der Waals surface area contributed by atoms with E-state index in [1.807, 2.05) is 0 Å². The van der Waals surface area contributed by atoms with Gasteiger partial charge in [0.2, 0.25) is 10.0 Å². The number of hydrogen-bond acceptors (Lipinski definition) is 3. The summed E-state index contributed by atoms with van der Waals surface area (Å²) in [6, 6.07) is 4.56. The fourth-order valence-corrected chi connectivity index (χ4v) is 3.66. The quantitative estimate of drug-likeness (QED) is 0.802. The largest absolute Gasteiger partial charge is 0.294 e. The highest BCUT2D eigenvalue weighted by molar-refractivity contribution is 7.88. The molecule has 0 bridgehead atoms. The minimum atomic E-state index is -3.23. The lowest BCUT2D eigenvalue weighted by Crippen LogP contribution is -2.39. The minimum Gasteiger partial charge on any atom is -0.294 e. The van der Waals surface area contributed by atoms with Crippen LogP contribution in [0.1, 0.15) is 35.2 Å². The molecule has 6 heteroatoms. The highest BCUT2D eigenvalue weighted by atomic mass is 32.2. The van der Waals surface area contributed by atoms with Gasteiger partial charge in [-0.15, -0.1) is 0 Å². The first-order valence-corrected chi connectivity index (χ1v) is 8.86. The number of nitrogens with zero attached hydrogens (tertiary/aromatic N) is 1. The summed E-state index contributed by atoms with van der Waals surface area (Å²) in [5, 5.41) is 0. The molecule has 116 valence electrons.